The fourth-order valence-corrected chi connectivity index (χ4v) is 2.54. The van der Waals surface area contributed by atoms with Crippen LogP contribution in [0.1, 0.15) is 12.0 Å². The molecule has 0 aromatic heterocycles. The average molecular weight is 281 g/mol. The SMILES string of the molecule is COc1ccc(OC)c(CN2CC(O)CC2C(=O)O)c1. The highest BCUT2D eigenvalue weighted by atomic mass is 16.5. The summed E-state index contributed by atoms with van der Waals surface area (Å²) in [4.78, 5) is 13.0. The molecule has 2 rings (SSSR count). The third kappa shape index (κ3) is 3.02. The summed E-state index contributed by atoms with van der Waals surface area (Å²) in [5.41, 5.74) is 0.840. The van der Waals surface area contributed by atoms with Gasteiger partial charge in [-0.1, -0.05) is 0 Å². The number of hydrogen-bond acceptors (Lipinski definition) is 5. The normalized spacial score (nSPS) is 22.8. The summed E-state index contributed by atoms with van der Waals surface area (Å²) >= 11 is 0. The molecular weight excluding hydrogens is 262 g/mol. The fourth-order valence-electron chi connectivity index (χ4n) is 2.54. The number of ether oxygens (including phenoxy) is 2. The number of rotatable bonds is 5. The largest absolute Gasteiger partial charge is 0.497 e. The van der Waals surface area contributed by atoms with E-state index in [-0.39, 0.29) is 6.42 Å². The maximum atomic E-state index is 11.2. The van der Waals surface area contributed by atoms with Gasteiger partial charge < -0.3 is 19.7 Å². The molecule has 0 bridgehead atoms. The van der Waals surface area contributed by atoms with Crippen molar-refractivity contribution in [1.29, 1.82) is 0 Å². The lowest BCUT2D eigenvalue weighted by molar-refractivity contribution is -0.142. The van der Waals surface area contributed by atoms with Gasteiger partial charge in [-0.05, 0) is 18.2 Å². The van der Waals surface area contributed by atoms with Crippen LogP contribution in [-0.2, 0) is 11.3 Å². The first kappa shape index (κ1) is 14.6. The quantitative estimate of drug-likeness (QED) is 0.828. The van der Waals surface area contributed by atoms with Crippen LogP contribution >= 0.6 is 0 Å². The summed E-state index contributed by atoms with van der Waals surface area (Å²) in [7, 11) is 3.14. The van der Waals surface area contributed by atoms with Gasteiger partial charge in [-0.3, -0.25) is 9.69 Å². The van der Waals surface area contributed by atoms with E-state index in [0.29, 0.717) is 24.6 Å². The van der Waals surface area contributed by atoms with Crippen LogP contribution in [0.2, 0.25) is 0 Å². The highest BCUT2D eigenvalue weighted by Crippen LogP contribution is 2.28. The lowest BCUT2D eigenvalue weighted by Crippen LogP contribution is -2.35. The van der Waals surface area contributed by atoms with E-state index in [2.05, 4.69) is 0 Å². The summed E-state index contributed by atoms with van der Waals surface area (Å²) in [6, 6.07) is 4.73. The molecule has 0 saturated carbocycles. The molecule has 2 N–H and O–H groups in total. The van der Waals surface area contributed by atoms with E-state index in [0.717, 1.165) is 5.56 Å². The monoisotopic (exact) mass is 281 g/mol. The first-order valence-corrected chi connectivity index (χ1v) is 6.41. The molecule has 1 heterocycles. The van der Waals surface area contributed by atoms with Gasteiger partial charge >= 0.3 is 5.97 Å². The second-order valence-electron chi connectivity index (χ2n) is 4.85. The molecule has 1 aromatic rings. The number of benzene rings is 1. The molecule has 20 heavy (non-hydrogen) atoms. The zero-order valence-electron chi connectivity index (χ0n) is 11.6. The lowest BCUT2D eigenvalue weighted by Gasteiger charge is -2.22. The van der Waals surface area contributed by atoms with Crippen molar-refractivity contribution < 1.29 is 24.5 Å². The van der Waals surface area contributed by atoms with E-state index >= 15 is 0 Å². The predicted octanol–water partition coefficient (Wildman–Crippen LogP) is 0.724. The Morgan fingerprint density at radius 3 is 2.75 bits per heavy atom. The van der Waals surface area contributed by atoms with Gasteiger partial charge in [0.2, 0.25) is 0 Å². The number of methoxy groups -OCH3 is 2. The lowest BCUT2D eigenvalue weighted by atomic mass is 10.1. The molecule has 2 unspecified atom stereocenters. The zero-order chi connectivity index (χ0) is 14.7. The molecule has 0 aliphatic carbocycles. The molecular formula is C14H19NO5. The molecule has 0 spiro atoms. The van der Waals surface area contributed by atoms with Crippen LogP contribution in [0.5, 0.6) is 11.5 Å². The Morgan fingerprint density at radius 2 is 2.15 bits per heavy atom. The predicted molar refractivity (Wildman–Crippen MR) is 72.0 cm³/mol. The van der Waals surface area contributed by atoms with Crippen LogP contribution in [0.15, 0.2) is 18.2 Å². The molecule has 1 aromatic carbocycles. The second kappa shape index (κ2) is 6.11. The van der Waals surface area contributed by atoms with Crippen LogP contribution in [0, 0.1) is 0 Å². The summed E-state index contributed by atoms with van der Waals surface area (Å²) in [6.07, 6.45) is -0.352. The van der Waals surface area contributed by atoms with E-state index in [1.165, 1.54) is 0 Å². The Morgan fingerprint density at radius 1 is 1.40 bits per heavy atom. The van der Waals surface area contributed by atoms with Crippen molar-refractivity contribution in [3.8, 4) is 11.5 Å². The van der Waals surface area contributed by atoms with Crippen molar-refractivity contribution in [3.05, 3.63) is 23.8 Å². The third-order valence-electron chi connectivity index (χ3n) is 3.53. The van der Waals surface area contributed by atoms with Crippen molar-refractivity contribution in [2.75, 3.05) is 20.8 Å². The number of likely N-dealkylation sites (tertiary alicyclic amines) is 1. The van der Waals surface area contributed by atoms with Gasteiger partial charge in [-0.2, -0.15) is 0 Å². The van der Waals surface area contributed by atoms with Crippen molar-refractivity contribution in [1.82, 2.24) is 4.90 Å². The van der Waals surface area contributed by atoms with Crippen molar-refractivity contribution in [2.45, 2.75) is 25.1 Å². The number of carboxylic acids is 1. The summed E-state index contributed by atoms with van der Waals surface area (Å²) in [6.45, 7) is 0.742. The van der Waals surface area contributed by atoms with E-state index in [1.54, 1.807) is 31.3 Å². The van der Waals surface area contributed by atoms with E-state index < -0.39 is 18.1 Å². The summed E-state index contributed by atoms with van der Waals surface area (Å²) in [5.74, 6) is 0.451. The number of carbonyl (C=O) groups is 1. The Kier molecular flexibility index (Phi) is 4.46. The summed E-state index contributed by atoms with van der Waals surface area (Å²) < 4.78 is 10.5. The smallest absolute Gasteiger partial charge is 0.321 e. The van der Waals surface area contributed by atoms with E-state index in [4.69, 9.17) is 9.47 Å². The van der Waals surface area contributed by atoms with Crippen LogP contribution in [-0.4, -0.2) is 54.0 Å². The Bertz CT molecular complexity index is 490. The number of carboxylic acid groups (broad SMARTS) is 1. The minimum atomic E-state index is -0.914. The van der Waals surface area contributed by atoms with Crippen molar-refractivity contribution >= 4 is 5.97 Å². The Hall–Kier alpha value is -1.79. The number of aliphatic hydroxyl groups is 1. The fraction of sp³-hybridized carbons (Fsp3) is 0.500. The average Bonchev–Trinajstić information content (AvgIpc) is 2.79. The Labute approximate surface area is 117 Å². The van der Waals surface area contributed by atoms with Gasteiger partial charge in [0.05, 0.1) is 20.3 Å². The van der Waals surface area contributed by atoms with Gasteiger partial charge in [0.15, 0.2) is 0 Å². The summed E-state index contributed by atoms with van der Waals surface area (Å²) in [5, 5.41) is 18.9. The molecule has 1 saturated heterocycles. The molecule has 1 aliphatic rings. The van der Waals surface area contributed by atoms with Crippen molar-refractivity contribution in [2.24, 2.45) is 0 Å². The molecule has 1 fully saturated rings. The number of aliphatic hydroxyl groups excluding tert-OH is 1. The van der Waals surface area contributed by atoms with E-state index in [9.17, 15) is 15.0 Å². The highest BCUT2D eigenvalue weighted by Gasteiger charge is 2.36. The molecule has 6 heteroatoms. The first-order valence-electron chi connectivity index (χ1n) is 6.41. The number of hydrogen-bond donors (Lipinski definition) is 2. The standard InChI is InChI=1S/C14H19NO5/c1-19-11-3-4-13(20-2)9(5-11)7-15-8-10(16)6-12(15)14(17)18/h3-5,10,12,16H,6-8H2,1-2H3,(H,17,18). The van der Waals surface area contributed by atoms with Gasteiger partial charge in [-0.25, -0.2) is 0 Å². The number of β-amino-alcohol motifs (C(OH)–C–C–N with tert-alkyl or cyclic N) is 1. The van der Waals surface area contributed by atoms with Gasteiger partial charge in [0, 0.05) is 25.1 Å². The van der Waals surface area contributed by atoms with Gasteiger partial charge in [0.25, 0.3) is 0 Å². The zero-order valence-corrected chi connectivity index (χ0v) is 11.6. The highest BCUT2D eigenvalue weighted by molar-refractivity contribution is 5.74. The molecule has 2 atom stereocenters. The van der Waals surface area contributed by atoms with Crippen molar-refractivity contribution in [3.63, 3.8) is 0 Å². The molecule has 0 amide bonds. The maximum absolute atomic E-state index is 11.2. The molecule has 110 valence electrons. The molecule has 6 nitrogen and oxygen atoms in total. The van der Waals surface area contributed by atoms with Crippen LogP contribution in [0.3, 0.4) is 0 Å². The van der Waals surface area contributed by atoms with E-state index in [1.807, 2.05) is 6.07 Å². The third-order valence-corrected chi connectivity index (χ3v) is 3.53. The number of nitrogens with zero attached hydrogens (tertiary/aromatic N) is 1. The van der Waals surface area contributed by atoms with Gasteiger partial charge in [0.1, 0.15) is 17.5 Å². The minimum Gasteiger partial charge on any atom is -0.497 e. The second-order valence-corrected chi connectivity index (χ2v) is 4.85. The van der Waals surface area contributed by atoms with Crippen LogP contribution < -0.4 is 9.47 Å². The number of aliphatic carboxylic acids is 1. The van der Waals surface area contributed by atoms with Gasteiger partial charge in [-0.15, -0.1) is 0 Å². The van der Waals surface area contributed by atoms with Crippen LogP contribution in [0.25, 0.3) is 0 Å². The Balaban J connectivity index is 2.21. The molecule has 0 radical (unpaired) electrons. The minimum absolute atomic E-state index is 0.252. The van der Waals surface area contributed by atoms with Crippen LogP contribution in [0.4, 0.5) is 0 Å². The molecule has 1 aliphatic heterocycles. The first-order chi connectivity index (χ1) is 9.55. The maximum Gasteiger partial charge on any atom is 0.321 e. The topological polar surface area (TPSA) is 79.2 Å².